The van der Waals surface area contributed by atoms with E-state index in [0.717, 1.165) is 6.20 Å². The molecule has 0 aromatic heterocycles. The fourth-order valence-corrected chi connectivity index (χ4v) is 2.32. The van der Waals surface area contributed by atoms with Crippen LogP contribution in [0.15, 0.2) is 24.4 Å². The first-order valence-corrected chi connectivity index (χ1v) is 7.34. The van der Waals surface area contributed by atoms with Crippen LogP contribution in [0.4, 0.5) is 0 Å². The SMILES string of the molecule is COc1cc(C=C[N+](=O)[O-])ccc1O[C@H]1O[C@H](CO)[C@H](O)[C@H](O)[C@H]1O. The molecule has 138 valence electrons. The van der Waals surface area contributed by atoms with Crippen molar-refractivity contribution in [2.24, 2.45) is 0 Å². The molecule has 1 fully saturated rings. The average molecular weight is 357 g/mol. The highest BCUT2D eigenvalue weighted by atomic mass is 16.7. The third-order valence-electron chi connectivity index (χ3n) is 3.67. The Morgan fingerprint density at radius 3 is 2.56 bits per heavy atom. The number of ether oxygens (including phenoxy) is 3. The predicted molar refractivity (Wildman–Crippen MR) is 83.4 cm³/mol. The smallest absolute Gasteiger partial charge is 0.235 e. The molecule has 1 saturated heterocycles. The molecule has 0 bridgehead atoms. The molecule has 1 aromatic rings. The maximum atomic E-state index is 10.4. The molecule has 2 rings (SSSR count). The normalized spacial score (nSPS) is 29.6. The summed E-state index contributed by atoms with van der Waals surface area (Å²) in [6.07, 6.45) is -5.04. The van der Waals surface area contributed by atoms with Gasteiger partial charge < -0.3 is 34.6 Å². The maximum Gasteiger partial charge on any atom is 0.235 e. The van der Waals surface area contributed by atoms with E-state index >= 15 is 0 Å². The van der Waals surface area contributed by atoms with Crippen molar-refractivity contribution in [3.05, 3.63) is 40.1 Å². The summed E-state index contributed by atoms with van der Waals surface area (Å²) in [4.78, 5) is 9.76. The Kier molecular flexibility index (Phi) is 6.28. The van der Waals surface area contributed by atoms with Crippen molar-refractivity contribution in [2.45, 2.75) is 30.7 Å². The van der Waals surface area contributed by atoms with Gasteiger partial charge in [0.1, 0.15) is 24.4 Å². The molecule has 0 saturated carbocycles. The molecule has 1 aliphatic heterocycles. The fourth-order valence-electron chi connectivity index (χ4n) is 2.32. The molecule has 4 N–H and O–H groups in total. The molecule has 10 heteroatoms. The van der Waals surface area contributed by atoms with Crippen LogP contribution in [-0.4, -0.2) is 69.8 Å². The van der Waals surface area contributed by atoms with Crippen LogP contribution in [0.2, 0.25) is 0 Å². The number of aliphatic hydroxyl groups excluding tert-OH is 4. The van der Waals surface area contributed by atoms with Crippen molar-refractivity contribution < 1.29 is 39.6 Å². The van der Waals surface area contributed by atoms with Crippen molar-refractivity contribution >= 4 is 6.08 Å². The van der Waals surface area contributed by atoms with Crippen molar-refractivity contribution in [2.75, 3.05) is 13.7 Å². The van der Waals surface area contributed by atoms with Crippen LogP contribution < -0.4 is 9.47 Å². The minimum Gasteiger partial charge on any atom is -0.493 e. The molecule has 10 nitrogen and oxygen atoms in total. The molecule has 5 atom stereocenters. The van der Waals surface area contributed by atoms with Gasteiger partial charge in [-0.15, -0.1) is 0 Å². The summed E-state index contributed by atoms with van der Waals surface area (Å²) >= 11 is 0. The molecule has 0 spiro atoms. The lowest BCUT2D eigenvalue weighted by molar-refractivity contribution is -0.400. The van der Waals surface area contributed by atoms with Gasteiger partial charge in [0.2, 0.25) is 12.5 Å². The molecule has 0 amide bonds. The molecule has 1 heterocycles. The highest BCUT2D eigenvalue weighted by Gasteiger charge is 2.44. The van der Waals surface area contributed by atoms with Gasteiger partial charge in [-0.1, -0.05) is 6.07 Å². The van der Waals surface area contributed by atoms with E-state index in [1.807, 2.05) is 0 Å². The van der Waals surface area contributed by atoms with E-state index in [1.54, 1.807) is 0 Å². The molecular weight excluding hydrogens is 338 g/mol. The molecule has 0 unspecified atom stereocenters. The first-order chi connectivity index (χ1) is 11.9. The van der Waals surface area contributed by atoms with Crippen molar-refractivity contribution in [3.8, 4) is 11.5 Å². The third kappa shape index (κ3) is 4.44. The Labute approximate surface area is 142 Å². The minimum absolute atomic E-state index is 0.144. The van der Waals surface area contributed by atoms with E-state index in [9.17, 15) is 25.4 Å². The number of nitrogens with zero attached hydrogens (tertiary/aromatic N) is 1. The summed E-state index contributed by atoms with van der Waals surface area (Å²) in [5.74, 6) is 0.354. The Morgan fingerprint density at radius 2 is 1.96 bits per heavy atom. The topological polar surface area (TPSA) is 152 Å². The average Bonchev–Trinajstić information content (AvgIpc) is 2.60. The van der Waals surface area contributed by atoms with Crippen LogP contribution in [0.1, 0.15) is 5.56 Å². The number of hydrogen-bond acceptors (Lipinski definition) is 9. The molecular formula is C15H19NO9. The molecule has 0 radical (unpaired) electrons. The van der Waals surface area contributed by atoms with Gasteiger partial charge in [0.05, 0.1) is 18.6 Å². The van der Waals surface area contributed by atoms with Crippen molar-refractivity contribution in [3.63, 3.8) is 0 Å². The van der Waals surface area contributed by atoms with E-state index in [-0.39, 0.29) is 11.5 Å². The van der Waals surface area contributed by atoms with Crippen molar-refractivity contribution in [1.29, 1.82) is 0 Å². The van der Waals surface area contributed by atoms with Crippen LogP contribution in [0.25, 0.3) is 6.08 Å². The Hall–Kier alpha value is -2.24. The number of nitro groups is 1. The molecule has 1 aromatic carbocycles. The van der Waals surface area contributed by atoms with Gasteiger partial charge in [-0.25, -0.2) is 0 Å². The summed E-state index contributed by atoms with van der Waals surface area (Å²) in [5, 5.41) is 49.0. The Bertz CT molecular complexity index is 633. The number of hydrogen-bond donors (Lipinski definition) is 4. The van der Waals surface area contributed by atoms with Gasteiger partial charge in [0.15, 0.2) is 11.5 Å². The van der Waals surface area contributed by atoms with Gasteiger partial charge in [0.25, 0.3) is 0 Å². The van der Waals surface area contributed by atoms with Gasteiger partial charge in [-0.2, -0.15) is 0 Å². The molecule has 25 heavy (non-hydrogen) atoms. The number of aliphatic hydroxyl groups is 4. The van der Waals surface area contributed by atoms with Crippen LogP contribution in [0.5, 0.6) is 11.5 Å². The molecule has 0 aliphatic carbocycles. The second-order valence-electron chi connectivity index (χ2n) is 5.33. The second kappa shape index (κ2) is 8.23. The lowest BCUT2D eigenvalue weighted by atomic mass is 9.99. The Balaban J connectivity index is 2.19. The number of methoxy groups -OCH3 is 1. The zero-order chi connectivity index (χ0) is 18.6. The predicted octanol–water partition coefficient (Wildman–Crippen LogP) is -0.879. The number of rotatable bonds is 6. The first kappa shape index (κ1) is 19.1. The molecule has 1 aliphatic rings. The summed E-state index contributed by atoms with van der Waals surface area (Å²) in [6.45, 7) is -0.577. The first-order valence-electron chi connectivity index (χ1n) is 7.34. The monoisotopic (exact) mass is 357 g/mol. The highest BCUT2D eigenvalue weighted by Crippen LogP contribution is 2.32. The highest BCUT2D eigenvalue weighted by molar-refractivity contribution is 5.55. The quantitative estimate of drug-likeness (QED) is 0.376. The maximum absolute atomic E-state index is 10.4. The van der Waals surface area contributed by atoms with E-state index < -0.39 is 42.2 Å². The van der Waals surface area contributed by atoms with Crippen LogP contribution in [0, 0.1) is 10.1 Å². The van der Waals surface area contributed by atoms with E-state index in [4.69, 9.17) is 19.3 Å². The standard InChI is InChI=1S/C15H19NO9/c1-23-10-6-8(4-5-16(21)22)2-3-9(10)24-15-14(20)13(19)12(18)11(7-17)25-15/h2-6,11-15,17-20H,7H2,1H3/t11-,12+,13+,14-,15+/m1/s1. The summed E-state index contributed by atoms with van der Waals surface area (Å²) in [7, 11) is 1.36. The van der Waals surface area contributed by atoms with E-state index in [2.05, 4.69) is 0 Å². The minimum atomic E-state index is -1.57. The fraction of sp³-hybridized carbons (Fsp3) is 0.467. The van der Waals surface area contributed by atoms with Crippen LogP contribution in [-0.2, 0) is 4.74 Å². The van der Waals surface area contributed by atoms with Gasteiger partial charge >= 0.3 is 0 Å². The van der Waals surface area contributed by atoms with Gasteiger partial charge in [-0.3, -0.25) is 10.1 Å². The third-order valence-corrected chi connectivity index (χ3v) is 3.67. The largest absolute Gasteiger partial charge is 0.493 e. The van der Waals surface area contributed by atoms with E-state index in [0.29, 0.717) is 5.56 Å². The lowest BCUT2D eigenvalue weighted by Gasteiger charge is -2.39. The van der Waals surface area contributed by atoms with Crippen LogP contribution >= 0.6 is 0 Å². The summed E-state index contributed by atoms with van der Waals surface area (Å²) in [6, 6.07) is 4.43. The number of benzene rings is 1. The van der Waals surface area contributed by atoms with E-state index in [1.165, 1.54) is 31.4 Å². The van der Waals surface area contributed by atoms with Gasteiger partial charge in [0, 0.05) is 6.08 Å². The zero-order valence-electron chi connectivity index (χ0n) is 13.3. The Morgan fingerprint density at radius 1 is 1.24 bits per heavy atom. The van der Waals surface area contributed by atoms with Crippen LogP contribution in [0.3, 0.4) is 0 Å². The zero-order valence-corrected chi connectivity index (χ0v) is 13.3. The second-order valence-corrected chi connectivity index (χ2v) is 5.33. The summed E-state index contributed by atoms with van der Waals surface area (Å²) < 4.78 is 15.9. The van der Waals surface area contributed by atoms with Gasteiger partial charge in [-0.05, 0) is 17.7 Å². The lowest BCUT2D eigenvalue weighted by Crippen LogP contribution is -2.60. The van der Waals surface area contributed by atoms with Crippen molar-refractivity contribution in [1.82, 2.24) is 0 Å². The summed E-state index contributed by atoms with van der Waals surface area (Å²) in [5.41, 5.74) is 0.481.